The van der Waals surface area contributed by atoms with Crippen LogP contribution in [0.3, 0.4) is 0 Å². The van der Waals surface area contributed by atoms with Crippen molar-refractivity contribution in [3.63, 3.8) is 0 Å². The van der Waals surface area contributed by atoms with Crippen molar-refractivity contribution in [2.75, 3.05) is 6.54 Å². The fourth-order valence-electron chi connectivity index (χ4n) is 1.96. The van der Waals surface area contributed by atoms with Crippen molar-refractivity contribution in [3.05, 3.63) is 46.2 Å². The summed E-state index contributed by atoms with van der Waals surface area (Å²) in [7, 11) is 0. The first kappa shape index (κ1) is 10.1. The molecule has 1 aliphatic heterocycles. The van der Waals surface area contributed by atoms with Crippen molar-refractivity contribution in [1.82, 2.24) is 15.1 Å². The van der Waals surface area contributed by atoms with Crippen molar-refractivity contribution in [3.8, 4) is 5.69 Å². The maximum Gasteiger partial charge on any atom is 0.0686 e. The molecule has 0 saturated carbocycles. The van der Waals surface area contributed by atoms with Crippen LogP contribution in [0, 0.1) is 0 Å². The van der Waals surface area contributed by atoms with Gasteiger partial charge in [0, 0.05) is 35.7 Å². The van der Waals surface area contributed by atoms with Gasteiger partial charge in [0.15, 0.2) is 0 Å². The van der Waals surface area contributed by atoms with Crippen molar-refractivity contribution in [1.29, 1.82) is 0 Å². The van der Waals surface area contributed by atoms with E-state index in [0.29, 0.717) is 0 Å². The molecule has 0 spiro atoms. The maximum absolute atomic E-state index is 4.61. The van der Waals surface area contributed by atoms with Crippen LogP contribution in [0.2, 0.25) is 0 Å². The van der Waals surface area contributed by atoms with Crippen LogP contribution >= 0.6 is 15.9 Å². The molecule has 0 saturated heterocycles. The molecule has 0 bridgehead atoms. The number of nitrogens with one attached hydrogen (secondary N) is 1. The van der Waals surface area contributed by atoms with Gasteiger partial charge in [-0.15, -0.1) is 0 Å². The molecule has 0 unspecified atom stereocenters. The Morgan fingerprint density at radius 2 is 2.06 bits per heavy atom. The zero-order valence-corrected chi connectivity index (χ0v) is 10.4. The minimum absolute atomic E-state index is 0.936. The lowest BCUT2D eigenvalue weighted by Gasteiger charge is -2.09. The number of hydrogen-bond donors (Lipinski definition) is 1. The average Bonchev–Trinajstić information content (AvgIpc) is 2.73. The van der Waals surface area contributed by atoms with Gasteiger partial charge in [-0.05, 0) is 24.3 Å². The largest absolute Gasteiger partial charge is 0.312 e. The Bertz CT molecular complexity index is 478. The third-order valence-corrected chi connectivity index (χ3v) is 3.35. The van der Waals surface area contributed by atoms with Gasteiger partial charge in [0.2, 0.25) is 0 Å². The van der Waals surface area contributed by atoms with E-state index in [9.17, 15) is 0 Å². The molecule has 1 aliphatic rings. The van der Waals surface area contributed by atoms with Crippen LogP contribution in [0.25, 0.3) is 5.69 Å². The van der Waals surface area contributed by atoms with E-state index in [2.05, 4.69) is 44.7 Å². The first-order valence-electron chi connectivity index (χ1n) is 5.37. The maximum atomic E-state index is 4.61. The summed E-state index contributed by atoms with van der Waals surface area (Å²) < 4.78 is 3.05. The number of fused-ring (bicyclic) bond motifs is 1. The van der Waals surface area contributed by atoms with Gasteiger partial charge in [0.1, 0.15) is 0 Å². The SMILES string of the molecule is Brc1ccc(-n2cc3c(n2)CCNC3)cc1. The Hall–Kier alpha value is -1.13. The summed E-state index contributed by atoms with van der Waals surface area (Å²) >= 11 is 3.44. The highest BCUT2D eigenvalue weighted by atomic mass is 79.9. The van der Waals surface area contributed by atoms with Gasteiger partial charge in [-0.25, -0.2) is 4.68 Å². The molecular formula is C12H12BrN3. The molecule has 0 amide bonds. The van der Waals surface area contributed by atoms with Crippen LogP contribution in [0.5, 0.6) is 0 Å². The fourth-order valence-corrected chi connectivity index (χ4v) is 2.22. The van der Waals surface area contributed by atoms with E-state index in [1.54, 1.807) is 0 Å². The number of rotatable bonds is 1. The Morgan fingerprint density at radius 3 is 2.81 bits per heavy atom. The predicted octanol–water partition coefficient (Wildman–Crippen LogP) is 2.28. The van der Waals surface area contributed by atoms with Crippen LogP contribution in [-0.2, 0) is 13.0 Å². The molecule has 1 N–H and O–H groups in total. The van der Waals surface area contributed by atoms with Gasteiger partial charge in [0.25, 0.3) is 0 Å². The fraction of sp³-hybridized carbons (Fsp3) is 0.250. The van der Waals surface area contributed by atoms with E-state index in [4.69, 9.17) is 0 Å². The average molecular weight is 278 g/mol. The van der Waals surface area contributed by atoms with E-state index >= 15 is 0 Å². The summed E-state index contributed by atoms with van der Waals surface area (Å²) in [4.78, 5) is 0. The number of aromatic nitrogens is 2. The molecule has 1 aromatic carbocycles. The van der Waals surface area contributed by atoms with Gasteiger partial charge in [-0.1, -0.05) is 15.9 Å². The van der Waals surface area contributed by atoms with Crippen molar-refractivity contribution < 1.29 is 0 Å². The van der Waals surface area contributed by atoms with Gasteiger partial charge in [-0.3, -0.25) is 0 Å². The van der Waals surface area contributed by atoms with Crippen LogP contribution in [0.15, 0.2) is 34.9 Å². The topological polar surface area (TPSA) is 29.9 Å². The number of nitrogens with zero attached hydrogens (tertiary/aromatic N) is 2. The molecule has 2 heterocycles. The van der Waals surface area contributed by atoms with E-state index in [1.165, 1.54) is 11.3 Å². The second-order valence-corrected chi connectivity index (χ2v) is 4.86. The molecule has 4 heteroatoms. The van der Waals surface area contributed by atoms with E-state index in [0.717, 1.165) is 29.7 Å². The third-order valence-electron chi connectivity index (χ3n) is 2.82. The highest BCUT2D eigenvalue weighted by Gasteiger charge is 2.13. The summed E-state index contributed by atoms with van der Waals surface area (Å²) in [6, 6.07) is 8.20. The standard InChI is InChI=1S/C12H12BrN3/c13-10-1-3-11(4-2-10)16-8-9-7-14-6-5-12(9)15-16/h1-4,8,14H,5-7H2. The summed E-state index contributed by atoms with van der Waals surface area (Å²) in [6.07, 6.45) is 3.14. The number of hydrogen-bond acceptors (Lipinski definition) is 2. The van der Waals surface area contributed by atoms with Crippen molar-refractivity contribution >= 4 is 15.9 Å². The van der Waals surface area contributed by atoms with Crippen molar-refractivity contribution in [2.24, 2.45) is 0 Å². The van der Waals surface area contributed by atoms with Crippen molar-refractivity contribution in [2.45, 2.75) is 13.0 Å². The van der Waals surface area contributed by atoms with E-state index < -0.39 is 0 Å². The smallest absolute Gasteiger partial charge is 0.0686 e. The zero-order chi connectivity index (χ0) is 11.0. The molecular weight excluding hydrogens is 266 g/mol. The molecule has 82 valence electrons. The lowest BCUT2D eigenvalue weighted by molar-refractivity contribution is 0.635. The van der Waals surface area contributed by atoms with E-state index in [-0.39, 0.29) is 0 Å². The predicted molar refractivity (Wildman–Crippen MR) is 66.7 cm³/mol. The van der Waals surface area contributed by atoms with Crippen LogP contribution in [0.4, 0.5) is 0 Å². The Balaban J connectivity index is 2.00. The van der Waals surface area contributed by atoms with Gasteiger partial charge in [-0.2, -0.15) is 5.10 Å². The highest BCUT2D eigenvalue weighted by molar-refractivity contribution is 9.10. The first-order chi connectivity index (χ1) is 7.83. The monoisotopic (exact) mass is 277 g/mol. The molecule has 2 aromatic rings. The lowest BCUT2D eigenvalue weighted by Crippen LogP contribution is -2.22. The number of benzene rings is 1. The Kier molecular flexibility index (Phi) is 2.53. The van der Waals surface area contributed by atoms with Crippen LogP contribution in [0.1, 0.15) is 11.3 Å². The minimum atomic E-state index is 0.936. The van der Waals surface area contributed by atoms with Gasteiger partial charge >= 0.3 is 0 Å². The Morgan fingerprint density at radius 1 is 1.25 bits per heavy atom. The van der Waals surface area contributed by atoms with Crippen LogP contribution in [-0.4, -0.2) is 16.3 Å². The molecule has 0 aliphatic carbocycles. The minimum Gasteiger partial charge on any atom is -0.312 e. The molecule has 3 nitrogen and oxygen atoms in total. The molecule has 16 heavy (non-hydrogen) atoms. The first-order valence-corrected chi connectivity index (χ1v) is 6.16. The molecule has 0 atom stereocenters. The van der Waals surface area contributed by atoms with E-state index in [1.807, 2.05) is 16.8 Å². The highest BCUT2D eigenvalue weighted by Crippen LogP contribution is 2.17. The summed E-state index contributed by atoms with van der Waals surface area (Å²) in [5.74, 6) is 0. The third kappa shape index (κ3) is 1.79. The Labute approximate surface area is 103 Å². The zero-order valence-electron chi connectivity index (χ0n) is 8.78. The van der Waals surface area contributed by atoms with Gasteiger partial charge < -0.3 is 5.32 Å². The molecule has 3 rings (SSSR count). The lowest BCUT2D eigenvalue weighted by atomic mass is 10.1. The number of halogens is 1. The molecule has 0 radical (unpaired) electrons. The summed E-state index contributed by atoms with van der Waals surface area (Å²) in [5.41, 5.74) is 3.65. The van der Waals surface area contributed by atoms with Crippen LogP contribution < -0.4 is 5.32 Å². The van der Waals surface area contributed by atoms with Gasteiger partial charge in [0.05, 0.1) is 11.4 Å². The second-order valence-electron chi connectivity index (χ2n) is 3.95. The summed E-state index contributed by atoms with van der Waals surface area (Å²) in [6.45, 7) is 1.97. The summed E-state index contributed by atoms with van der Waals surface area (Å²) in [5, 5.41) is 7.97. The quantitative estimate of drug-likeness (QED) is 0.867. The second kappa shape index (κ2) is 4.03. The molecule has 1 aromatic heterocycles. The molecule has 0 fully saturated rings. The normalized spacial score (nSPS) is 14.8.